The summed E-state index contributed by atoms with van der Waals surface area (Å²) in [5.74, 6) is -0.175. The van der Waals surface area contributed by atoms with Crippen molar-refractivity contribution in [1.82, 2.24) is 0 Å². The summed E-state index contributed by atoms with van der Waals surface area (Å²) in [4.78, 5) is 2.07. The molecule has 0 saturated carbocycles. The normalized spacial score (nSPS) is 10.6. The van der Waals surface area contributed by atoms with Crippen LogP contribution in [-0.2, 0) is 6.54 Å². The number of nitrogens with two attached hydrogens (primary N) is 1. The van der Waals surface area contributed by atoms with E-state index >= 15 is 0 Å². The molecule has 0 bridgehead atoms. The van der Waals surface area contributed by atoms with E-state index in [1.807, 2.05) is 19.1 Å². The quantitative estimate of drug-likeness (QED) is 0.827. The molecule has 3 heteroatoms. The van der Waals surface area contributed by atoms with Crippen LogP contribution in [0, 0.1) is 12.7 Å². The molecule has 0 radical (unpaired) electrons. The molecule has 0 atom stereocenters. The molecule has 1 nitrogen and oxygen atoms in total. The molecule has 0 aliphatic heterocycles. The van der Waals surface area contributed by atoms with Crippen LogP contribution in [0.5, 0.6) is 0 Å². The minimum atomic E-state index is -0.175. The maximum atomic E-state index is 13.5. The second-order valence-electron chi connectivity index (χ2n) is 3.41. The highest BCUT2D eigenvalue weighted by Crippen LogP contribution is 2.33. The van der Waals surface area contributed by atoms with E-state index in [1.165, 1.54) is 6.07 Å². The number of halogens is 1. The van der Waals surface area contributed by atoms with Gasteiger partial charge in [0.05, 0.1) is 0 Å². The van der Waals surface area contributed by atoms with Crippen molar-refractivity contribution in [1.29, 1.82) is 0 Å². The van der Waals surface area contributed by atoms with Crippen molar-refractivity contribution < 1.29 is 4.39 Å². The largest absolute Gasteiger partial charge is 0.326 e. The van der Waals surface area contributed by atoms with E-state index in [0.717, 1.165) is 15.3 Å². The average molecular weight is 221 g/mol. The predicted molar refractivity (Wildman–Crippen MR) is 62.3 cm³/mol. The fraction of sp³-hybridized carbons (Fsp3) is 0.167. The number of hydrogen-bond donors (Lipinski definition) is 1. The molecule has 1 aromatic heterocycles. The molecule has 1 heterocycles. The fourth-order valence-electron chi connectivity index (χ4n) is 1.56. The van der Waals surface area contributed by atoms with E-state index in [9.17, 15) is 4.39 Å². The topological polar surface area (TPSA) is 26.0 Å². The Balaban J connectivity index is 2.54. The lowest BCUT2D eigenvalue weighted by atomic mass is 10.1. The Morgan fingerprint density at radius 1 is 1.33 bits per heavy atom. The maximum Gasteiger partial charge on any atom is 0.131 e. The zero-order valence-corrected chi connectivity index (χ0v) is 9.27. The highest BCUT2D eigenvalue weighted by atomic mass is 32.1. The molecule has 1 aromatic carbocycles. The summed E-state index contributed by atoms with van der Waals surface area (Å²) >= 11 is 1.56. The van der Waals surface area contributed by atoms with Gasteiger partial charge in [-0.2, -0.15) is 0 Å². The van der Waals surface area contributed by atoms with Gasteiger partial charge in [-0.05, 0) is 24.6 Å². The van der Waals surface area contributed by atoms with Gasteiger partial charge >= 0.3 is 0 Å². The van der Waals surface area contributed by atoms with Crippen LogP contribution in [0.25, 0.3) is 10.4 Å². The van der Waals surface area contributed by atoms with Gasteiger partial charge in [0.1, 0.15) is 5.82 Å². The van der Waals surface area contributed by atoms with Crippen LogP contribution in [0.3, 0.4) is 0 Å². The number of thiophene rings is 1. The van der Waals surface area contributed by atoms with Gasteiger partial charge in [-0.25, -0.2) is 4.39 Å². The van der Waals surface area contributed by atoms with Crippen molar-refractivity contribution in [3.8, 4) is 10.4 Å². The van der Waals surface area contributed by atoms with Gasteiger partial charge in [-0.3, -0.25) is 0 Å². The first kappa shape index (κ1) is 10.3. The van der Waals surface area contributed by atoms with E-state index in [4.69, 9.17) is 5.73 Å². The van der Waals surface area contributed by atoms with Crippen molar-refractivity contribution in [2.24, 2.45) is 5.73 Å². The molecular weight excluding hydrogens is 209 g/mol. The summed E-state index contributed by atoms with van der Waals surface area (Å²) < 4.78 is 13.5. The van der Waals surface area contributed by atoms with Crippen molar-refractivity contribution >= 4 is 11.3 Å². The fourth-order valence-corrected chi connectivity index (χ4v) is 2.64. The summed E-state index contributed by atoms with van der Waals surface area (Å²) in [7, 11) is 0. The lowest BCUT2D eigenvalue weighted by molar-refractivity contribution is 0.631. The summed E-state index contributed by atoms with van der Waals surface area (Å²) in [6.07, 6.45) is 0. The van der Waals surface area contributed by atoms with Gasteiger partial charge < -0.3 is 5.73 Å². The Morgan fingerprint density at radius 2 is 2.07 bits per heavy atom. The Labute approximate surface area is 92.4 Å². The second kappa shape index (κ2) is 4.13. The lowest BCUT2D eigenvalue weighted by Gasteiger charge is -2.00. The Hall–Kier alpha value is -1.19. The van der Waals surface area contributed by atoms with E-state index in [-0.39, 0.29) is 5.82 Å². The lowest BCUT2D eigenvalue weighted by Crippen LogP contribution is -1.91. The Bertz CT molecular complexity index is 476. The summed E-state index contributed by atoms with van der Waals surface area (Å²) in [5, 5.41) is 0. The van der Waals surface area contributed by atoms with Crippen LogP contribution in [0.15, 0.2) is 30.3 Å². The third kappa shape index (κ3) is 1.94. The molecular formula is C12H12FNS. The highest BCUT2D eigenvalue weighted by molar-refractivity contribution is 7.15. The van der Waals surface area contributed by atoms with Crippen LogP contribution in [0.1, 0.15) is 10.4 Å². The minimum Gasteiger partial charge on any atom is -0.326 e. The molecule has 15 heavy (non-hydrogen) atoms. The molecule has 78 valence electrons. The Kier molecular flexibility index (Phi) is 2.84. The average Bonchev–Trinajstić information content (AvgIpc) is 2.60. The smallest absolute Gasteiger partial charge is 0.131 e. The molecule has 0 saturated heterocycles. The van der Waals surface area contributed by atoms with Gasteiger partial charge in [-0.1, -0.05) is 18.2 Å². The molecule has 0 amide bonds. The maximum absolute atomic E-state index is 13.5. The molecule has 0 spiro atoms. The molecule has 0 aliphatic carbocycles. The predicted octanol–water partition coefficient (Wildman–Crippen LogP) is 3.32. The van der Waals surface area contributed by atoms with Gasteiger partial charge in [0.25, 0.3) is 0 Å². The monoisotopic (exact) mass is 221 g/mol. The number of aryl methyl sites for hydroxylation is 1. The summed E-state index contributed by atoms with van der Waals surface area (Å²) in [6, 6.07) is 8.85. The van der Waals surface area contributed by atoms with Crippen molar-refractivity contribution in [3.05, 3.63) is 46.6 Å². The van der Waals surface area contributed by atoms with Crippen molar-refractivity contribution in [2.75, 3.05) is 0 Å². The first-order valence-corrected chi connectivity index (χ1v) is 5.58. The third-order valence-electron chi connectivity index (χ3n) is 2.29. The zero-order valence-electron chi connectivity index (χ0n) is 8.46. The summed E-state index contributed by atoms with van der Waals surface area (Å²) in [5.41, 5.74) is 7.32. The minimum absolute atomic E-state index is 0.175. The van der Waals surface area contributed by atoms with Crippen LogP contribution in [0.2, 0.25) is 0 Å². The first-order chi connectivity index (χ1) is 7.22. The van der Waals surface area contributed by atoms with Gasteiger partial charge in [-0.15, -0.1) is 11.3 Å². The molecule has 2 aromatic rings. The van der Waals surface area contributed by atoms with Crippen molar-refractivity contribution in [3.63, 3.8) is 0 Å². The van der Waals surface area contributed by atoms with Crippen LogP contribution in [-0.4, -0.2) is 0 Å². The number of benzene rings is 1. The molecule has 0 unspecified atom stereocenters. The highest BCUT2D eigenvalue weighted by Gasteiger charge is 2.10. The molecule has 0 aliphatic rings. The van der Waals surface area contributed by atoms with E-state index < -0.39 is 0 Å². The van der Waals surface area contributed by atoms with Gasteiger partial charge in [0.15, 0.2) is 0 Å². The van der Waals surface area contributed by atoms with Gasteiger partial charge in [0, 0.05) is 21.9 Å². The second-order valence-corrected chi connectivity index (χ2v) is 4.55. The Morgan fingerprint density at radius 3 is 2.67 bits per heavy atom. The van der Waals surface area contributed by atoms with Gasteiger partial charge in [0.2, 0.25) is 0 Å². The zero-order chi connectivity index (χ0) is 10.8. The van der Waals surface area contributed by atoms with E-state index in [1.54, 1.807) is 23.5 Å². The van der Waals surface area contributed by atoms with E-state index in [0.29, 0.717) is 12.1 Å². The van der Waals surface area contributed by atoms with Crippen LogP contribution < -0.4 is 5.73 Å². The van der Waals surface area contributed by atoms with Crippen molar-refractivity contribution in [2.45, 2.75) is 13.5 Å². The molecule has 0 fully saturated rings. The molecule has 2 N–H and O–H groups in total. The first-order valence-electron chi connectivity index (χ1n) is 4.76. The number of rotatable bonds is 2. The SMILES string of the molecule is Cc1cc(CN)sc1-c1ccccc1F. The van der Waals surface area contributed by atoms with Crippen LogP contribution in [0.4, 0.5) is 4.39 Å². The van der Waals surface area contributed by atoms with Crippen LogP contribution >= 0.6 is 11.3 Å². The van der Waals surface area contributed by atoms with E-state index in [2.05, 4.69) is 0 Å². The number of hydrogen-bond acceptors (Lipinski definition) is 2. The standard InChI is InChI=1S/C12H12FNS/c1-8-6-9(7-14)15-12(8)10-4-2-3-5-11(10)13/h2-6H,7,14H2,1H3. The molecule has 2 rings (SSSR count). The summed E-state index contributed by atoms with van der Waals surface area (Å²) in [6.45, 7) is 2.50. The third-order valence-corrected chi connectivity index (χ3v) is 3.58.